The summed E-state index contributed by atoms with van der Waals surface area (Å²) in [5.41, 5.74) is 4.39. The molecule has 1 N–H and O–H groups in total. The van der Waals surface area contributed by atoms with Crippen LogP contribution in [0.15, 0.2) is 96.7 Å². The molecule has 0 fully saturated rings. The number of ether oxygens (including phenoxy) is 2. The molecule has 1 aromatic heterocycles. The SMILES string of the molecule is C=C(COc1ccccc1)C1=CCOC1CC/C(=C/c1ccc(O)c(F)c1)c1ccccn1. The van der Waals surface area contributed by atoms with E-state index in [1.165, 1.54) is 12.1 Å². The third-order valence-corrected chi connectivity index (χ3v) is 5.49. The quantitative estimate of drug-likeness (QED) is 0.427. The Kier molecular flexibility index (Phi) is 7.33. The first-order valence-corrected chi connectivity index (χ1v) is 10.9. The Hall–Kier alpha value is -3.70. The minimum Gasteiger partial charge on any atom is -0.505 e. The third-order valence-electron chi connectivity index (χ3n) is 5.49. The Morgan fingerprint density at radius 2 is 1.97 bits per heavy atom. The predicted molar refractivity (Wildman–Crippen MR) is 128 cm³/mol. The number of hydrogen-bond donors (Lipinski definition) is 1. The van der Waals surface area contributed by atoms with E-state index in [0.29, 0.717) is 25.2 Å². The zero-order chi connectivity index (χ0) is 23.0. The van der Waals surface area contributed by atoms with Gasteiger partial charge >= 0.3 is 0 Å². The van der Waals surface area contributed by atoms with E-state index in [4.69, 9.17) is 9.47 Å². The van der Waals surface area contributed by atoms with Crippen molar-refractivity contribution in [3.8, 4) is 11.5 Å². The van der Waals surface area contributed by atoms with E-state index < -0.39 is 5.82 Å². The highest BCUT2D eigenvalue weighted by Gasteiger charge is 2.23. The van der Waals surface area contributed by atoms with E-state index >= 15 is 0 Å². The van der Waals surface area contributed by atoms with E-state index in [9.17, 15) is 9.50 Å². The van der Waals surface area contributed by atoms with Crippen LogP contribution in [-0.2, 0) is 4.74 Å². The predicted octanol–water partition coefficient (Wildman–Crippen LogP) is 6.21. The number of para-hydroxylation sites is 1. The number of phenols is 1. The molecule has 1 aliphatic rings. The maximum Gasteiger partial charge on any atom is 0.165 e. The molecule has 1 aliphatic heterocycles. The number of halogens is 1. The van der Waals surface area contributed by atoms with Gasteiger partial charge in [-0.05, 0) is 77.6 Å². The summed E-state index contributed by atoms with van der Waals surface area (Å²) in [5.74, 6) is -0.212. The Bertz CT molecular complexity index is 1160. The average Bonchev–Trinajstić information content (AvgIpc) is 3.32. The molecule has 0 saturated heterocycles. The van der Waals surface area contributed by atoms with Gasteiger partial charge < -0.3 is 14.6 Å². The van der Waals surface area contributed by atoms with Crippen molar-refractivity contribution in [3.05, 3.63) is 114 Å². The monoisotopic (exact) mass is 443 g/mol. The zero-order valence-corrected chi connectivity index (χ0v) is 18.3. The van der Waals surface area contributed by atoms with Gasteiger partial charge in [-0.25, -0.2) is 4.39 Å². The molecule has 0 saturated carbocycles. The number of phenolic OH excluding ortho intramolecular Hbond substituents is 1. The van der Waals surface area contributed by atoms with Gasteiger partial charge in [-0.15, -0.1) is 0 Å². The van der Waals surface area contributed by atoms with Crippen molar-refractivity contribution in [2.75, 3.05) is 13.2 Å². The highest BCUT2D eigenvalue weighted by molar-refractivity contribution is 5.80. The number of allylic oxidation sites excluding steroid dienone is 1. The Labute approximate surface area is 193 Å². The molecule has 33 heavy (non-hydrogen) atoms. The molecule has 0 aliphatic carbocycles. The van der Waals surface area contributed by atoms with Gasteiger partial charge in [-0.3, -0.25) is 4.98 Å². The maximum absolute atomic E-state index is 13.9. The number of rotatable bonds is 9. The first kappa shape index (κ1) is 22.5. The number of hydrogen-bond acceptors (Lipinski definition) is 4. The Morgan fingerprint density at radius 1 is 1.15 bits per heavy atom. The minimum absolute atomic E-state index is 0.0967. The Morgan fingerprint density at radius 3 is 2.73 bits per heavy atom. The second-order valence-electron chi connectivity index (χ2n) is 7.82. The van der Waals surface area contributed by atoms with Crippen LogP contribution in [0, 0.1) is 5.82 Å². The number of benzene rings is 2. The summed E-state index contributed by atoms with van der Waals surface area (Å²) >= 11 is 0. The van der Waals surface area contributed by atoms with Gasteiger partial charge in [-0.1, -0.05) is 43.0 Å². The third kappa shape index (κ3) is 5.96. The number of aromatic hydroxyl groups is 1. The number of pyridine rings is 1. The molecule has 3 aromatic rings. The highest BCUT2D eigenvalue weighted by atomic mass is 19.1. The first-order chi connectivity index (χ1) is 16.1. The van der Waals surface area contributed by atoms with Crippen molar-refractivity contribution in [2.45, 2.75) is 18.9 Å². The van der Waals surface area contributed by atoms with Crippen LogP contribution in [0.5, 0.6) is 11.5 Å². The van der Waals surface area contributed by atoms with E-state index in [1.54, 1.807) is 12.3 Å². The molecule has 1 unspecified atom stereocenters. The van der Waals surface area contributed by atoms with Gasteiger partial charge in [0, 0.05) is 6.20 Å². The fraction of sp³-hybridized carbons (Fsp3) is 0.179. The number of nitrogens with zero attached hydrogens (tertiary/aromatic N) is 1. The van der Waals surface area contributed by atoms with Gasteiger partial charge in [0.2, 0.25) is 0 Å². The summed E-state index contributed by atoms with van der Waals surface area (Å²) in [6.07, 6.45) is 6.99. The molecule has 168 valence electrons. The van der Waals surface area contributed by atoms with Crippen molar-refractivity contribution in [3.63, 3.8) is 0 Å². The molecule has 0 radical (unpaired) electrons. The van der Waals surface area contributed by atoms with Gasteiger partial charge in [0.15, 0.2) is 11.6 Å². The van der Waals surface area contributed by atoms with Crippen LogP contribution in [0.25, 0.3) is 11.6 Å². The molecule has 4 nitrogen and oxygen atoms in total. The van der Waals surface area contributed by atoms with Crippen LogP contribution >= 0.6 is 0 Å². The second-order valence-corrected chi connectivity index (χ2v) is 7.82. The highest BCUT2D eigenvalue weighted by Crippen LogP contribution is 2.30. The van der Waals surface area contributed by atoms with Crippen LogP contribution in [0.4, 0.5) is 4.39 Å². The molecule has 0 spiro atoms. The molecular weight excluding hydrogens is 417 g/mol. The Balaban J connectivity index is 1.45. The number of aromatic nitrogens is 1. The molecular formula is C28H26FNO3. The molecule has 0 amide bonds. The fourth-order valence-corrected chi connectivity index (χ4v) is 3.78. The summed E-state index contributed by atoms with van der Waals surface area (Å²) in [4.78, 5) is 4.47. The van der Waals surface area contributed by atoms with Crippen LogP contribution < -0.4 is 4.74 Å². The van der Waals surface area contributed by atoms with Gasteiger partial charge in [-0.2, -0.15) is 0 Å². The topological polar surface area (TPSA) is 51.6 Å². The van der Waals surface area contributed by atoms with E-state index in [0.717, 1.165) is 34.6 Å². The smallest absolute Gasteiger partial charge is 0.165 e. The van der Waals surface area contributed by atoms with E-state index in [1.807, 2.05) is 54.6 Å². The molecule has 0 bridgehead atoms. The normalized spacial score (nSPS) is 15.8. The zero-order valence-electron chi connectivity index (χ0n) is 18.3. The van der Waals surface area contributed by atoms with Gasteiger partial charge in [0.05, 0.1) is 18.4 Å². The fourth-order valence-electron chi connectivity index (χ4n) is 3.78. The van der Waals surface area contributed by atoms with Crippen LogP contribution in [0.1, 0.15) is 24.1 Å². The molecule has 5 heteroatoms. The summed E-state index contributed by atoms with van der Waals surface area (Å²) in [7, 11) is 0. The lowest BCUT2D eigenvalue weighted by Crippen LogP contribution is -2.15. The van der Waals surface area contributed by atoms with Gasteiger partial charge in [0.1, 0.15) is 12.4 Å². The van der Waals surface area contributed by atoms with E-state index in [-0.39, 0.29) is 11.9 Å². The summed E-state index contributed by atoms with van der Waals surface area (Å²) in [6.45, 7) is 5.14. The second kappa shape index (κ2) is 10.7. The van der Waals surface area contributed by atoms with Crippen LogP contribution in [0.3, 0.4) is 0 Å². The van der Waals surface area contributed by atoms with E-state index in [2.05, 4.69) is 17.6 Å². The summed E-state index contributed by atoms with van der Waals surface area (Å²) in [5, 5.41) is 9.49. The summed E-state index contributed by atoms with van der Waals surface area (Å²) < 4.78 is 25.7. The average molecular weight is 444 g/mol. The van der Waals surface area contributed by atoms with Crippen LogP contribution in [-0.4, -0.2) is 29.4 Å². The molecule has 2 aromatic carbocycles. The lowest BCUT2D eigenvalue weighted by atomic mass is 9.95. The van der Waals surface area contributed by atoms with Crippen molar-refractivity contribution in [1.82, 2.24) is 4.98 Å². The van der Waals surface area contributed by atoms with Gasteiger partial charge in [0.25, 0.3) is 0 Å². The lowest BCUT2D eigenvalue weighted by molar-refractivity contribution is 0.117. The lowest BCUT2D eigenvalue weighted by Gasteiger charge is -2.18. The van der Waals surface area contributed by atoms with Crippen molar-refractivity contribution in [2.24, 2.45) is 0 Å². The van der Waals surface area contributed by atoms with Crippen molar-refractivity contribution in [1.29, 1.82) is 0 Å². The standard InChI is InChI=1S/C28H26FNO3/c1-20(19-33-23-7-3-2-4-8-23)24-14-16-32-28(24)13-11-22(26-9-5-6-15-30-26)17-21-10-12-27(31)25(29)18-21/h2-10,12,14-15,17-18,28,31H,1,11,13,16,19H2/b22-17-. The molecule has 2 heterocycles. The molecule has 1 atom stereocenters. The van der Waals surface area contributed by atoms with Crippen LogP contribution in [0.2, 0.25) is 0 Å². The minimum atomic E-state index is -0.650. The van der Waals surface area contributed by atoms with Crippen molar-refractivity contribution >= 4 is 11.6 Å². The maximum atomic E-state index is 13.9. The molecule has 4 rings (SSSR count). The largest absolute Gasteiger partial charge is 0.505 e. The first-order valence-electron chi connectivity index (χ1n) is 10.9. The van der Waals surface area contributed by atoms with Crippen molar-refractivity contribution < 1.29 is 19.0 Å². The summed E-state index contributed by atoms with van der Waals surface area (Å²) in [6, 6.07) is 19.7.